The number of hydrogen-bond donors (Lipinski definition) is 0. The summed E-state index contributed by atoms with van der Waals surface area (Å²) in [7, 11) is 0. The van der Waals surface area contributed by atoms with E-state index in [1.807, 2.05) is 51.2 Å². The fraction of sp³-hybridized carbons (Fsp3) is 0.263. The Morgan fingerprint density at radius 3 is 2.52 bits per heavy atom. The Balaban J connectivity index is 1.83. The second-order valence-electron chi connectivity index (χ2n) is 5.99. The van der Waals surface area contributed by atoms with Gasteiger partial charge in [-0.3, -0.25) is 9.48 Å². The molecule has 0 atom stereocenters. The van der Waals surface area contributed by atoms with Gasteiger partial charge in [-0.2, -0.15) is 5.10 Å². The molecule has 0 aliphatic carbocycles. The number of aromatic nitrogens is 3. The van der Waals surface area contributed by atoms with Crippen molar-refractivity contribution in [2.24, 2.45) is 0 Å². The molecule has 0 bridgehead atoms. The molecule has 0 aliphatic rings. The van der Waals surface area contributed by atoms with Crippen LogP contribution in [0.2, 0.25) is 0 Å². The Labute approximate surface area is 136 Å². The van der Waals surface area contributed by atoms with Gasteiger partial charge in [0.15, 0.2) is 5.78 Å². The summed E-state index contributed by atoms with van der Waals surface area (Å²) >= 11 is 0. The molecule has 4 nitrogen and oxygen atoms in total. The number of nitrogens with zero attached hydrogens (tertiary/aromatic N) is 3. The first kappa shape index (κ1) is 15.3. The van der Waals surface area contributed by atoms with E-state index in [2.05, 4.69) is 21.8 Å². The van der Waals surface area contributed by atoms with Crippen LogP contribution in [0.15, 0.2) is 48.8 Å². The van der Waals surface area contributed by atoms with Crippen LogP contribution in [0, 0.1) is 20.8 Å². The lowest BCUT2D eigenvalue weighted by Gasteiger charge is -2.10. The van der Waals surface area contributed by atoms with Gasteiger partial charge in [0, 0.05) is 29.7 Å². The summed E-state index contributed by atoms with van der Waals surface area (Å²) in [4.78, 5) is 12.6. The van der Waals surface area contributed by atoms with Gasteiger partial charge in [-0.05, 0) is 38.0 Å². The molecule has 2 heterocycles. The van der Waals surface area contributed by atoms with Crippen molar-refractivity contribution in [2.45, 2.75) is 33.9 Å². The molecule has 3 aromatic rings. The zero-order chi connectivity index (χ0) is 16.4. The standard InChI is InChI=1S/C19H21N3O/c1-14-10-20-21(11-14)13-19(23)18-9-15(2)22(16(18)3)12-17-7-5-4-6-8-17/h4-11H,12-13H2,1-3H3. The summed E-state index contributed by atoms with van der Waals surface area (Å²) in [5, 5.41) is 4.20. The van der Waals surface area contributed by atoms with Crippen LogP contribution >= 0.6 is 0 Å². The van der Waals surface area contributed by atoms with E-state index in [0.29, 0.717) is 0 Å². The Hall–Kier alpha value is -2.62. The number of aryl methyl sites for hydroxylation is 2. The average molecular weight is 307 g/mol. The largest absolute Gasteiger partial charge is 0.344 e. The van der Waals surface area contributed by atoms with Gasteiger partial charge in [-0.1, -0.05) is 30.3 Å². The maximum absolute atomic E-state index is 12.6. The van der Waals surface area contributed by atoms with Crippen LogP contribution in [0.5, 0.6) is 0 Å². The molecule has 0 aliphatic heterocycles. The number of carbonyl (C=O) groups is 1. The van der Waals surface area contributed by atoms with Crippen LogP contribution in [0.4, 0.5) is 0 Å². The van der Waals surface area contributed by atoms with Crippen molar-refractivity contribution in [1.29, 1.82) is 0 Å². The zero-order valence-corrected chi connectivity index (χ0v) is 13.8. The molecule has 4 heteroatoms. The van der Waals surface area contributed by atoms with Crippen molar-refractivity contribution in [3.05, 3.63) is 76.9 Å². The van der Waals surface area contributed by atoms with E-state index < -0.39 is 0 Å². The van der Waals surface area contributed by atoms with Crippen LogP contribution in [0.25, 0.3) is 0 Å². The van der Waals surface area contributed by atoms with Gasteiger partial charge in [-0.25, -0.2) is 0 Å². The van der Waals surface area contributed by atoms with Gasteiger partial charge in [0.05, 0.1) is 6.20 Å². The summed E-state index contributed by atoms with van der Waals surface area (Å²) in [5.41, 5.74) is 5.20. The minimum atomic E-state index is 0.0977. The number of carbonyl (C=O) groups excluding carboxylic acids is 1. The lowest BCUT2D eigenvalue weighted by molar-refractivity contribution is 0.0967. The van der Waals surface area contributed by atoms with E-state index in [1.54, 1.807) is 10.9 Å². The Bertz CT molecular complexity index is 828. The van der Waals surface area contributed by atoms with Crippen molar-refractivity contribution < 1.29 is 4.79 Å². The van der Waals surface area contributed by atoms with E-state index in [1.165, 1.54) is 5.56 Å². The maximum atomic E-state index is 12.6. The minimum Gasteiger partial charge on any atom is -0.344 e. The van der Waals surface area contributed by atoms with Gasteiger partial charge in [0.2, 0.25) is 0 Å². The Morgan fingerprint density at radius 1 is 1.13 bits per heavy atom. The summed E-state index contributed by atoms with van der Waals surface area (Å²) < 4.78 is 3.89. The molecule has 0 fully saturated rings. The zero-order valence-electron chi connectivity index (χ0n) is 13.8. The maximum Gasteiger partial charge on any atom is 0.186 e. The van der Waals surface area contributed by atoms with Crippen LogP contribution < -0.4 is 0 Å². The third kappa shape index (κ3) is 3.26. The molecule has 0 saturated carbocycles. The molecule has 0 unspecified atom stereocenters. The molecule has 2 aromatic heterocycles. The second kappa shape index (κ2) is 6.24. The van der Waals surface area contributed by atoms with Gasteiger partial charge < -0.3 is 4.57 Å². The molecule has 0 spiro atoms. The SMILES string of the molecule is Cc1cnn(CC(=O)c2cc(C)n(Cc3ccccc3)c2C)c1. The summed E-state index contributed by atoms with van der Waals surface area (Å²) in [6.07, 6.45) is 3.66. The summed E-state index contributed by atoms with van der Waals surface area (Å²) in [5.74, 6) is 0.0977. The third-order valence-corrected chi connectivity index (χ3v) is 4.13. The predicted molar refractivity (Wildman–Crippen MR) is 90.7 cm³/mol. The molecule has 23 heavy (non-hydrogen) atoms. The van der Waals surface area contributed by atoms with Crippen LogP contribution in [0.3, 0.4) is 0 Å². The highest BCUT2D eigenvalue weighted by Crippen LogP contribution is 2.18. The smallest absolute Gasteiger partial charge is 0.186 e. The lowest BCUT2D eigenvalue weighted by Crippen LogP contribution is -2.12. The van der Waals surface area contributed by atoms with Gasteiger partial charge in [-0.15, -0.1) is 0 Å². The highest BCUT2D eigenvalue weighted by Gasteiger charge is 2.16. The Morgan fingerprint density at radius 2 is 1.87 bits per heavy atom. The lowest BCUT2D eigenvalue weighted by atomic mass is 10.1. The first-order valence-electron chi connectivity index (χ1n) is 7.77. The van der Waals surface area contributed by atoms with Gasteiger partial charge >= 0.3 is 0 Å². The number of ketones is 1. The van der Waals surface area contributed by atoms with Crippen LogP contribution in [0.1, 0.15) is 32.9 Å². The van der Waals surface area contributed by atoms with E-state index in [4.69, 9.17) is 0 Å². The monoisotopic (exact) mass is 307 g/mol. The quantitative estimate of drug-likeness (QED) is 0.676. The molecular formula is C19H21N3O. The van der Waals surface area contributed by atoms with E-state index in [-0.39, 0.29) is 12.3 Å². The molecule has 1 aromatic carbocycles. The van der Waals surface area contributed by atoms with E-state index in [9.17, 15) is 4.79 Å². The molecule has 0 amide bonds. The van der Waals surface area contributed by atoms with E-state index >= 15 is 0 Å². The number of rotatable bonds is 5. The van der Waals surface area contributed by atoms with Crippen molar-refractivity contribution in [2.75, 3.05) is 0 Å². The highest BCUT2D eigenvalue weighted by atomic mass is 16.1. The molecule has 118 valence electrons. The third-order valence-electron chi connectivity index (χ3n) is 4.13. The molecule has 0 saturated heterocycles. The second-order valence-corrected chi connectivity index (χ2v) is 5.99. The van der Waals surface area contributed by atoms with Crippen molar-refractivity contribution in [1.82, 2.24) is 14.3 Å². The topological polar surface area (TPSA) is 39.8 Å². The fourth-order valence-corrected chi connectivity index (χ4v) is 2.88. The Kier molecular flexibility index (Phi) is 4.15. The van der Waals surface area contributed by atoms with Crippen LogP contribution in [-0.2, 0) is 13.1 Å². The normalized spacial score (nSPS) is 10.9. The average Bonchev–Trinajstić information content (AvgIpc) is 3.06. The number of Topliss-reactive ketones (excluding diaryl/α,β-unsaturated/α-hetero) is 1. The highest BCUT2D eigenvalue weighted by molar-refractivity contribution is 5.97. The summed E-state index contributed by atoms with van der Waals surface area (Å²) in [6, 6.07) is 12.3. The fourth-order valence-electron chi connectivity index (χ4n) is 2.88. The number of hydrogen-bond acceptors (Lipinski definition) is 2. The minimum absolute atomic E-state index is 0.0977. The molecule has 3 rings (SSSR count). The van der Waals surface area contributed by atoms with Crippen molar-refractivity contribution in [3.63, 3.8) is 0 Å². The molecule has 0 N–H and O–H groups in total. The molecule has 0 radical (unpaired) electrons. The van der Waals surface area contributed by atoms with Crippen molar-refractivity contribution >= 4 is 5.78 Å². The van der Waals surface area contributed by atoms with Crippen molar-refractivity contribution in [3.8, 4) is 0 Å². The first-order chi connectivity index (χ1) is 11.0. The predicted octanol–water partition coefficient (Wildman–Crippen LogP) is 3.54. The molecular weight excluding hydrogens is 286 g/mol. The summed E-state index contributed by atoms with van der Waals surface area (Å²) in [6.45, 7) is 7.10. The van der Waals surface area contributed by atoms with E-state index in [0.717, 1.165) is 29.1 Å². The number of benzene rings is 1. The first-order valence-corrected chi connectivity index (χ1v) is 7.77. The van der Waals surface area contributed by atoms with Crippen LogP contribution in [-0.4, -0.2) is 20.1 Å². The van der Waals surface area contributed by atoms with Gasteiger partial charge in [0.25, 0.3) is 0 Å². The van der Waals surface area contributed by atoms with Gasteiger partial charge in [0.1, 0.15) is 6.54 Å².